The Morgan fingerprint density at radius 1 is 1.34 bits per heavy atom. The van der Waals surface area contributed by atoms with Crippen molar-refractivity contribution >= 4 is 39.0 Å². The number of benzene rings is 1. The molecule has 0 unspecified atom stereocenters. The van der Waals surface area contributed by atoms with Crippen molar-refractivity contribution in [3.05, 3.63) is 80.3 Å². The van der Waals surface area contributed by atoms with Crippen molar-refractivity contribution in [1.82, 2.24) is 9.97 Å². The third-order valence-corrected chi connectivity index (χ3v) is 7.76. The Hall–Kier alpha value is -2.28. The fourth-order valence-electron chi connectivity index (χ4n) is 4.35. The lowest BCUT2D eigenvalue weighted by atomic mass is 9.96. The van der Waals surface area contributed by atoms with Crippen molar-refractivity contribution in [2.75, 3.05) is 6.61 Å². The summed E-state index contributed by atoms with van der Waals surface area (Å²) in [6, 6.07) is 6.54. The van der Waals surface area contributed by atoms with Gasteiger partial charge in [-0.2, -0.15) is 8.42 Å². The summed E-state index contributed by atoms with van der Waals surface area (Å²) in [5, 5.41) is 17.0. The van der Waals surface area contributed by atoms with Crippen molar-refractivity contribution in [3.8, 4) is 0 Å². The van der Waals surface area contributed by atoms with E-state index in [0.29, 0.717) is 47.4 Å². The Morgan fingerprint density at radius 3 is 2.91 bits per heavy atom. The number of carbonyl (C=O) groups excluding carboxylic acids is 1. The fourth-order valence-corrected chi connectivity index (χ4v) is 5.77. The second-order valence-electron chi connectivity index (χ2n) is 8.57. The van der Waals surface area contributed by atoms with Gasteiger partial charge in [-0.05, 0) is 53.8 Å². The lowest BCUT2D eigenvalue weighted by Gasteiger charge is -2.13. The van der Waals surface area contributed by atoms with E-state index in [9.17, 15) is 22.7 Å². The first-order valence-electron chi connectivity index (χ1n) is 10.8. The number of hydrogen-bond donors (Lipinski definition) is 2. The highest BCUT2D eigenvalue weighted by atomic mass is 35.5. The van der Waals surface area contributed by atoms with E-state index in [0.717, 1.165) is 5.56 Å². The average molecular weight is 540 g/mol. The molecule has 4 rings (SSSR count). The van der Waals surface area contributed by atoms with Crippen LogP contribution in [0.25, 0.3) is 0 Å². The fraction of sp³-hybridized carbons (Fsp3) is 0.348. The summed E-state index contributed by atoms with van der Waals surface area (Å²) in [4.78, 5) is 22.0. The van der Waals surface area contributed by atoms with E-state index in [2.05, 4.69) is 14.2 Å². The van der Waals surface area contributed by atoms with E-state index in [1.54, 1.807) is 23.6 Å². The lowest BCUT2D eigenvalue weighted by molar-refractivity contribution is 0.100. The summed E-state index contributed by atoms with van der Waals surface area (Å²) in [6.07, 6.45) is 3.73. The van der Waals surface area contributed by atoms with E-state index in [-0.39, 0.29) is 29.2 Å². The van der Waals surface area contributed by atoms with Crippen LogP contribution >= 0.6 is 22.9 Å². The molecule has 0 aliphatic heterocycles. The molecule has 1 fully saturated rings. The van der Waals surface area contributed by atoms with Crippen molar-refractivity contribution in [2.45, 2.75) is 31.8 Å². The number of ketones is 1. The second-order valence-corrected chi connectivity index (χ2v) is 11.1. The van der Waals surface area contributed by atoms with Gasteiger partial charge in [-0.15, -0.1) is 11.3 Å². The largest absolute Gasteiger partial charge is 0.393 e. The lowest BCUT2D eigenvalue weighted by Crippen LogP contribution is -2.24. The number of nitrogens with two attached hydrogens (primary N) is 1. The molecule has 8 nitrogen and oxygen atoms in total. The first-order chi connectivity index (χ1) is 16.6. The van der Waals surface area contributed by atoms with Gasteiger partial charge in [0.05, 0.1) is 33.9 Å². The number of aliphatic hydroxyl groups is 1. The van der Waals surface area contributed by atoms with Crippen LogP contribution in [0.4, 0.5) is 4.39 Å². The van der Waals surface area contributed by atoms with E-state index < -0.39 is 22.2 Å². The molecule has 0 amide bonds. The van der Waals surface area contributed by atoms with E-state index >= 15 is 0 Å². The van der Waals surface area contributed by atoms with E-state index in [4.69, 9.17) is 16.7 Å². The first-order valence-corrected chi connectivity index (χ1v) is 13.5. The maximum atomic E-state index is 14.3. The van der Waals surface area contributed by atoms with Gasteiger partial charge in [0.2, 0.25) is 5.78 Å². The number of rotatable bonds is 9. The molecular weight excluding hydrogens is 517 g/mol. The molecule has 1 aromatic carbocycles. The standard InChI is InChI=1S/C23H23ClFN3O5S2/c24-18-3-1-2-15(22(18)25)5-14-8-21(34-11-14)23(30)17-9-27-12-28-19(17)6-13-4-16(20(29)7-13)10-33-35(26,31)32/h1-3,8-9,11-13,16,20,29H,4-7,10H2,(H2,26,31,32)/t13-,16+,20-/m0/s1. The molecule has 1 saturated carbocycles. The Bertz CT molecular complexity index is 1330. The third-order valence-electron chi connectivity index (χ3n) is 6.03. The number of nitrogens with zero attached hydrogens (tertiary/aromatic N) is 2. The highest BCUT2D eigenvalue weighted by Crippen LogP contribution is 2.34. The minimum Gasteiger partial charge on any atom is -0.393 e. The van der Waals surface area contributed by atoms with Gasteiger partial charge in [0.1, 0.15) is 12.1 Å². The van der Waals surface area contributed by atoms with Crippen LogP contribution in [-0.4, -0.2) is 42.0 Å². The number of aromatic nitrogens is 2. The molecule has 0 radical (unpaired) electrons. The molecule has 3 atom stereocenters. The van der Waals surface area contributed by atoms with Gasteiger partial charge in [-0.1, -0.05) is 23.7 Å². The Kier molecular flexibility index (Phi) is 7.94. The maximum absolute atomic E-state index is 14.3. The average Bonchev–Trinajstić information content (AvgIpc) is 3.41. The monoisotopic (exact) mass is 539 g/mol. The zero-order valence-corrected chi connectivity index (χ0v) is 20.8. The molecule has 0 spiro atoms. The number of halogens is 2. The first kappa shape index (κ1) is 25.8. The zero-order valence-electron chi connectivity index (χ0n) is 18.4. The van der Waals surface area contributed by atoms with Gasteiger partial charge in [-0.3, -0.25) is 8.98 Å². The molecule has 1 aliphatic carbocycles. The molecular formula is C23H23ClFN3O5S2. The summed E-state index contributed by atoms with van der Waals surface area (Å²) in [5.74, 6) is -1.12. The van der Waals surface area contributed by atoms with Gasteiger partial charge in [0, 0.05) is 18.5 Å². The predicted molar refractivity (Wildman–Crippen MR) is 129 cm³/mol. The Morgan fingerprint density at radius 2 is 2.14 bits per heavy atom. The van der Waals surface area contributed by atoms with Crippen LogP contribution in [0.3, 0.4) is 0 Å². The number of hydrogen-bond acceptors (Lipinski definition) is 8. The molecule has 35 heavy (non-hydrogen) atoms. The molecule has 2 aromatic heterocycles. The number of thiophene rings is 1. The number of carbonyl (C=O) groups is 1. The summed E-state index contributed by atoms with van der Waals surface area (Å²) in [6.45, 7) is -0.197. The Labute approximate surface area is 211 Å². The van der Waals surface area contributed by atoms with Crippen LogP contribution in [0.1, 0.15) is 44.9 Å². The van der Waals surface area contributed by atoms with Gasteiger partial charge >= 0.3 is 10.3 Å². The summed E-state index contributed by atoms with van der Waals surface area (Å²) >= 11 is 7.12. The summed E-state index contributed by atoms with van der Waals surface area (Å²) in [5.41, 5.74) is 2.13. The highest BCUT2D eigenvalue weighted by Gasteiger charge is 2.35. The van der Waals surface area contributed by atoms with Crippen LogP contribution in [-0.2, 0) is 27.3 Å². The number of aliphatic hydroxyl groups excluding tert-OH is 1. The van der Waals surface area contributed by atoms with Crippen molar-refractivity contribution in [3.63, 3.8) is 0 Å². The molecule has 1 aliphatic rings. The maximum Gasteiger partial charge on any atom is 0.333 e. The molecule has 0 bridgehead atoms. The van der Waals surface area contributed by atoms with Crippen LogP contribution in [0, 0.1) is 17.7 Å². The van der Waals surface area contributed by atoms with Crippen LogP contribution in [0.2, 0.25) is 5.02 Å². The quantitative estimate of drug-likeness (QED) is 0.399. The molecule has 12 heteroatoms. The second kappa shape index (κ2) is 10.8. The van der Waals surface area contributed by atoms with Gasteiger partial charge in [0.15, 0.2) is 0 Å². The van der Waals surface area contributed by atoms with Crippen LogP contribution < -0.4 is 5.14 Å². The minimum absolute atomic E-state index is 0.0229. The van der Waals surface area contributed by atoms with Crippen molar-refractivity contribution in [2.24, 2.45) is 17.0 Å². The van der Waals surface area contributed by atoms with Crippen molar-refractivity contribution in [1.29, 1.82) is 0 Å². The molecule has 3 aromatic rings. The smallest absolute Gasteiger partial charge is 0.333 e. The van der Waals surface area contributed by atoms with Crippen LogP contribution in [0.15, 0.2) is 42.2 Å². The van der Waals surface area contributed by atoms with Gasteiger partial charge in [0.25, 0.3) is 0 Å². The molecule has 3 N–H and O–H groups in total. The summed E-state index contributed by atoms with van der Waals surface area (Å²) < 4.78 is 41.0. The molecule has 0 saturated heterocycles. The van der Waals surface area contributed by atoms with E-state index in [1.165, 1.54) is 29.9 Å². The Balaban J connectivity index is 1.46. The predicted octanol–water partition coefficient (Wildman–Crippen LogP) is 3.30. The topological polar surface area (TPSA) is 132 Å². The SMILES string of the molecule is NS(=O)(=O)OC[C@H]1C[C@@H](Cc2ncncc2C(=O)c2cc(Cc3cccc(Cl)c3F)cs2)C[C@@H]1O. The van der Waals surface area contributed by atoms with Gasteiger partial charge in [-0.25, -0.2) is 19.5 Å². The summed E-state index contributed by atoms with van der Waals surface area (Å²) in [7, 11) is -4.09. The molecule has 2 heterocycles. The van der Waals surface area contributed by atoms with E-state index in [1.807, 2.05) is 0 Å². The third kappa shape index (κ3) is 6.49. The minimum atomic E-state index is -4.09. The van der Waals surface area contributed by atoms with Crippen LogP contribution in [0.5, 0.6) is 0 Å². The highest BCUT2D eigenvalue weighted by molar-refractivity contribution is 7.84. The zero-order chi connectivity index (χ0) is 25.2. The molecule has 186 valence electrons. The van der Waals surface area contributed by atoms with Crippen molar-refractivity contribution < 1.29 is 26.9 Å². The van der Waals surface area contributed by atoms with Gasteiger partial charge < -0.3 is 5.11 Å². The normalized spacial score (nSPS) is 20.3.